The Kier molecular flexibility index (Phi) is 4.43. The molecule has 0 aliphatic carbocycles. The maximum absolute atomic E-state index is 5.77. The monoisotopic (exact) mass is 276 g/mol. The maximum atomic E-state index is 5.77. The lowest BCUT2D eigenvalue weighted by molar-refractivity contribution is 0.295. The highest BCUT2D eigenvalue weighted by Gasteiger charge is 2.07. The molecule has 3 nitrogen and oxygen atoms in total. The first kappa shape index (κ1) is 13.9. The largest absolute Gasteiger partial charge is 0.492 e. The molecule has 0 atom stereocenters. The summed E-state index contributed by atoms with van der Waals surface area (Å²) < 4.78 is 8.64. The van der Waals surface area contributed by atoms with Crippen LogP contribution in [0, 0.1) is 11.7 Å². The van der Waals surface area contributed by atoms with Crippen molar-refractivity contribution in [2.75, 3.05) is 6.61 Å². The molecular weight excluding hydrogens is 256 g/mol. The number of aromatic nitrogens is 2. The highest BCUT2D eigenvalue weighted by atomic mass is 32.1. The molecule has 1 heterocycles. The molecule has 0 aliphatic rings. The van der Waals surface area contributed by atoms with Gasteiger partial charge in [0.1, 0.15) is 12.4 Å². The van der Waals surface area contributed by atoms with Gasteiger partial charge in [0, 0.05) is 11.9 Å². The number of nitrogens with zero attached hydrogens (tertiary/aromatic N) is 1. The van der Waals surface area contributed by atoms with Gasteiger partial charge < -0.3 is 14.3 Å². The van der Waals surface area contributed by atoms with E-state index in [9.17, 15) is 0 Å². The predicted octanol–water partition coefficient (Wildman–Crippen LogP) is 4.06. The Morgan fingerprint density at radius 2 is 2.16 bits per heavy atom. The second-order valence-electron chi connectivity index (χ2n) is 4.99. The van der Waals surface area contributed by atoms with Crippen LogP contribution in [0.25, 0.3) is 0 Å². The van der Waals surface area contributed by atoms with Crippen LogP contribution < -0.4 is 4.74 Å². The summed E-state index contributed by atoms with van der Waals surface area (Å²) in [4.78, 5) is 3.10. The molecule has 0 bridgehead atoms. The Balaban J connectivity index is 2.00. The Morgan fingerprint density at radius 1 is 1.37 bits per heavy atom. The number of hydrogen-bond acceptors (Lipinski definition) is 2. The lowest BCUT2D eigenvalue weighted by atomic mass is 10.1. The molecule has 1 aromatic heterocycles. The van der Waals surface area contributed by atoms with Crippen molar-refractivity contribution in [3.8, 4) is 5.75 Å². The van der Waals surface area contributed by atoms with E-state index in [1.807, 2.05) is 24.4 Å². The van der Waals surface area contributed by atoms with Crippen molar-refractivity contribution in [3.05, 3.63) is 46.5 Å². The van der Waals surface area contributed by atoms with E-state index in [-0.39, 0.29) is 0 Å². The number of H-pyrrole nitrogens is 1. The second-order valence-corrected chi connectivity index (χ2v) is 5.38. The molecule has 0 radical (unpaired) electrons. The normalized spacial score (nSPS) is 10.9. The zero-order valence-electron chi connectivity index (χ0n) is 11.6. The van der Waals surface area contributed by atoms with E-state index >= 15 is 0 Å². The molecule has 2 aromatic rings. The first-order chi connectivity index (χ1) is 9.08. The van der Waals surface area contributed by atoms with E-state index < -0.39 is 0 Å². The van der Waals surface area contributed by atoms with Crippen molar-refractivity contribution < 1.29 is 4.74 Å². The predicted molar refractivity (Wildman–Crippen MR) is 80.4 cm³/mol. The minimum Gasteiger partial charge on any atom is -0.492 e. The molecule has 0 unspecified atom stereocenters. The Hall–Kier alpha value is -1.55. The third-order valence-electron chi connectivity index (χ3n) is 3.07. The van der Waals surface area contributed by atoms with E-state index in [4.69, 9.17) is 17.0 Å². The molecular formula is C15H20N2OS. The van der Waals surface area contributed by atoms with E-state index in [1.165, 1.54) is 11.3 Å². The standard InChI is InChI=1S/C15H20N2OS/c1-11(2)14-10-16-15(19)17(14)7-8-18-13-6-4-5-12(3)9-13/h4-6,9-11H,7-8H2,1-3H3,(H,16,19). The highest BCUT2D eigenvalue weighted by molar-refractivity contribution is 7.71. The van der Waals surface area contributed by atoms with Crippen LogP contribution in [0.4, 0.5) is 0 Å². The number of ether oxygens (including phenoxy) is 1. The van der Waals surface area contributed by atoms with E-state index in [0.29, 0.717) is 12.5 Å². The van der Waals surface area contributed by atoms with Gasteiger partial charge in [-0.3, -0.25) is 0 Å². The molecule has 0 aliphatic heterocycles. The van der Waals surface area contributed by atoms with Crippen LogP contribution >= 0.6 is 12.2 Å². The first-order valence-electron chi connectivity index (χ1n) is 6.55. The van der Waals surface area contributed by atoms with Crippen LogP contribution in [0.15, 0.2) is 30.5 Å². The van der Waals surface area contributed by atoms with Crippen molar-refractivity contribution in [1.82, 2.24) is 9.55 Å². The molecule has 0 fully saturated rings. The van der Waals surface area contributed by atoms with Crippen LogP contribution in [0.2, 0.25) is 0 Å². The Labute approximate surface area is 119 Å². The van der Waals surface area contributed by atoms with Crippen molar-refractivity contribution in [1.29, 1.82) is 0 Å². The summed E-state index contributed by atoms with van der Waals surface area (Å²) in [5, 5.41) is 0. The van der Waals surface area contributed by atoms with Crippen molar-refractivity contribution >= 4 is 12.2 Å². The molecule has 0 saturated heterocycles. The van der Waals surface area contributed by atoms with Crippen LogP contribution in [0.1, 0.15) is 31.0 Å². The van der Waals surface area contributed by atoms with E-state index in [0.717, 1.165) is 17.1 Å². The fourth-order valence-corrected chi connectivity index (χ4v) is 2.33. The molecule has 4 heteroatoms. The van der Waals surface area contributed by atoms with Crippen molar-refractivity contribution in [3.63, 3.8) is 0 Å². The summed E-state index contributed by atoms with van der Waals surface area (Å²) in [6, 6.07) is 8.09. The van der Waals surface area contributed by atoms with Gasteiger partial charge in [0.25, 0.3) is 0 Å². The highest BCUT2D eigenvalue weighted by Crippen LogP contribution is 2.15. The summed E-state index contributed by atoms with van der Waals surface area (Å²) in [5.41, 5.74) is 2.43. The van der Waals surface area contributed by atoms with Crippen molar-refractivity contribution in [2.24, 2.45) is 0 Å². The number of hydrogen-bond donors (Lipinski definition) is 1. The van der Waals surface area contributed by atoms with Gasteiger partial charge in [-0.05, 0) is 42.8 Å². The van der Waals surface area contributed by atoms with Crippen molar-refractivity contribution in [2.45, 2.75) is 33.2 Å². The number of imidazole rings is 1. The Bertz CT molecular complexity index is 598. The minimum atomic E-state index is 0.451. The summed E-state index contributed by atoms with van der Waals surface area (Å²) in [5.74, 6) is 1.36. The van der Waals surface area contributed by atoms with Gasteiger partial charge >= 0.3 is 0 Å². The smallest absolute Gasteiger partial charge is 0.177 e. The van der Waals surface area contributed by atoms with E-state index in [2.05, 4.69) is 36.4 Å². The van der Waals surface area contributed by atoms with Gasteiger partial charge in [0.15, 0.2) is 4.77 Å². The molecule has 0 amide bonds. The molecule has 19 heavy (non-hydrogen) atoms. The zero-order valence-corrected chi connectivity index (χ0v) is 12.5. The third-order valence-corrected chi connectivity index (χ3v) is 3.40. The first-order valence-corrected chi connectivity index (χ1v) is 6.96. The second kappa shape index (κ2) is 6.06. The van der Waals surface area contributed by atoms with Crippen LogP contribution in [0.5, 0.6) is 5.75 Å². The molecule has 1 aromatic carbocycles. The number of benzene rings is 1. The average molecular weight is 276 g/mol. The van der Waals surface area contributed by atoms with Gasteiger partial charge in [-0.25, -0.2) is 0 Å². The average Bonchev–Trinajstić information content (AvgIpc) is 2.71. The minimum absolute atomic E-state index is 0.451. The van der Waals surface area contributed by atoms with Gasteiger partial charge in [-0.2, -0.15) is 0 Å². The molecule has 2 rings (SSSR count). The summed E-state index contributed by atoms with van der Waals surface area (Å²) in [6.07, 6.45) is 1.99. The van der Waals surface area contributed by atoms with Gasteiger partial charge in [-0.1, -0.05) is 26.0 Å². The summed E-state index contributed by atoms with van der Waals surface area (Å²) in [7, 11) is 0. The summed E-state index contributed by atoms with van der Waals surface area (Å²) in [6.45, 7) is 7.77. The molecule has 0 saturated carbocycles. The van der Waals surface area contributed by atoms with Gasteiger partial charge in [-0.15, -0.1) is 0 Å². The molecule has 0 spiro atoms. The number of nitrogens with one attached hydrogen (secondary N) is 1. The fourth-order valence-electron chi connectivity index (χ4n) is 2.08. The number of rotatable bonds is 5. The third kappa shape index (κ3) is 3.47. The lowest BCUT2D eigenvalue weighted by Crippen LogP contribution is -2.11. The SMILES string of the molecule is Cc1cccc(OCCn2c(C(C)C)c[nH]c2=S)c1. The summed E-state index contributed by atoms with van der Waals surface area (Å²) >= 11 is 5.29. The zero-order chi connectivity index (χ0) is 13.8. The number of aromatic amines is 1. The van der Waals surface area contributed by atoms with Crippen LogP contribution in [-0.2, 0) is 6.54 Å². The van der Waals surface area contributed by atoms with Gasteiger partial charge in [0.2, 0.25) is 0 Å². The quantitative estimate of drug-likeness (QED) is 0.835. The number of aryl methyl sites for hydroxylation is 1. The molecule has 102 valence electrons. The fraction of sp³-hybridized carbons (Fsp3) is 0.400. The van der Waals surface area contributed by atoms with Crippen LogP contribution in [0.3, 0.4) is 0 Å². The Morgan fingerprint density at radius 3 is 2.84 bits per heavy atom. The molecule has 1 N–H and O–H groups in total. The maximum Gasteiger partial charge on any atom is 0.177 e. The lowest BCUT2D eigenvalue weighted by Gasteiger charge is -2.12. The van der Waals surface area contributed by atoms with Gasteiger partial charge in [0.05, 0.1) is 6.54 Å². The van der Waals surface area contributed by atoms with E-state index in [1.54, 1.807) is 0 Å². The van der Waals surface area contributed by atoms with Crippen LogP contribution in [-0.4, -0.2) is 16.2 Å². The topological polar surface area (TPSA) is 29.9 Å².